The molecule has 1 aliphatic heterocycles. The van der Waals surface area contributed by atoms with E-state index in [1.54, 1.807) is 96.5 Å². The van der Waals surface area contributed by atoms with E-state index in [4.69, 9.17) is 0 Å². The van der Waals surface area contributed by atoms with Gasteiger partial charge in [0.15, 0.2) is 11.6 Å². The summed E-state index contributed by atoms with van der Waals surface area (Å²) in [6.45, 7) is 15.3. The molecule has 2 amide bonds. The van der Waals surface area contributed by atoms with Crippen molar-refractivity contribution in [3.63, 3.8) is 0 Å². The van der Waals surface area contributed by atoms with Crippen molar-refractivity contribution in [2.24, 2.45) is 0 Å². The molecule has 3 aromatic rings. The number of rotatable bonds is 13. The number of hydrogen-bond acceptors (Lipinski definition) is 8. The maximum absolute atomic E-state index is 13.8. The molecule has 0 aliphatic carbocycles. The van der Waals surface area contributed by atoms with Gasteiger partial charge in [-0.2, -0.15) is 0 Å². The Morgan fingerprint density at radius 2 is 1.16 bits per heavy atom. The fourth-order valence-electron chi connectivity index (χ4n) is 6.31. The second-order valence-corrected chi connectivity index (χ2v) is 12.1. The predicted molar refractivity (Wildman–Crippen MR) is 198 cm³/mol. The molecule has 0 unspecified atom stereocenters. The molecule has 4 rings (SSSR count). The number of carbonyl (C=O) groups excluding carboxylic acids is 4. The number of allylic oxidation sites excluding steroid dienone is 2. The topological polar surface area (TPSA) is 122 Å². The van der Waals surface area contributed by atoms with Gasteiger partial charge in [0.2, 0.25) is 0 Å². The van der Waals surface area contributed by atoms with Gasteiger partial charge in [-0.15, -0.1) is 0 Å². The van der Waals surface area contributed by atoms with Crippen LogP contribution in [0.1, 0.15) is 78.2 Å². The van der Waals surface area contributed by atoms with Crippen LogP contribution in [0.3, 0.4) is 0 Å². The highest BCUT2D eigenvalue weighted by atomic mass is 16.3. The third-order valence-corrected chi connectivity index (χ3v) is 9.27. The standard InChI is InChI=1S/C40H48N4O6/c1-7-14-30(27(6)37(47)33-19-17-28(25-35(33)45)41(8-2)9-3)39(49)43-21-23-44(24-22-43)40(50)32-16-13-12-15-31(32)38(48)34-20-18-29(26-36(34)46)42(10-4)11-5/h7,12-20,25-26,45-46H,8-11,21-24H2,1-6H3. The first-order chi connectivity index (χ1) is 24.0. The quantitative estimate of drug-likeness (QED) is 0.127. The molecule has 0 aromatic heterocycles. The molecule has 1 aliphatic rings. The molecule has 10 heteroatoms. The van der Waals surface area contributed by atoms with Crippen LogP contribution in [0.2, 0.25) is 0 Å². The highest BCUT2D eigenvalue weighted by Gasteiger charge is 2.30. The molecule has 0 atom stereocenters. The average molecular weight is 681 g/mol. The molecule has 0 saturated carbocycles. The Morgan fingerprint density at radius 1 is 0.680 bits per heavy atom. The van der Waals surface area contributed by atoms with Crippen LogP contribution in [0.15, 0.2) is 84.0 Å². The van der Waals surface area contributed by atoms with E-state index in [0.29, 0.717) is 0 Å². The van der Waals surface area contributed by atoms with E-state index in [0.717, 1.165) is 37.6 Å². The number of piperazine rings is 1. The molecular weight excluding hydrogens is 632 g/mol. The minimum atomic E-state index is -0.457. The van der Waals surface area contributed by atoms with Crippen LogP contribution in [-0.2, 0) is 4.79 Å². The van der Waals surface area contributed by atoms with Crippen molar-refractivity contribution < 1.29 is 29.4 Å². The van der Waals surface area contributed by atoms with E-state index in [2.05, 4.69) is 9.80 Å². The van der Waals surface area contributed by atoms with E-state index in [-0.39, 0.29) is 82.9 Å². The zero-order valence-corrected chi connectivity index (χ0v) is 29.9. The van der Waals surface area contributed by atoms with E-state index in [1.165, 1.54) is 0 Å². The van der Waals surface area contributed by atoms with E-state index in [9.17, 15) is 29.4 Å². The molecule has 2 N–H and O–H groups in total. The number of nitrogens with zero attached hydrogens (tertiary/aromatic N) is 4. The van der Waals surface area contributed by atoms with Crippen molar-refractivity contribution in [2.75, 3.05) is 62.2 Å². The molecule has 264 valence electrons. The summed E-state index contributed by atoms with van der Waals surface area (Å²) in [6.07, 6.45) is 3.29. The van der Waals surface area contributed by atoms with Crippen molar-refractivity contribution in [2.45, 2.75) is 41.5 Å². The highest BCUT2D eigenvalue weighted by Crippen LogP contribution is 2.30. The monoisotopic (exact) mass is 680 g/mol. The van der Waals surface area contributed by atoms with Gasteiger partial charge in [0.1, 0.15) is 11.5 Å². The van der Waals surface area contributed by atoms with E-state index < -0.39 is 11.6 Å². The lowest BCUT2D eigenvalue weighted by Gasteiger charge is -2.35. The number of ketones is 2. The Hall–Kier alpha value is -5.38. The maximum Gasteiger partial charge on any atom is 0.254 e. The van der Waals surface area contributed by atoms with Gasteiger partial charge in [0, 0.05) is 92.6 Å². The molecule has 0 radical (unpaired) electrons. The maximum atomic E-state index is 13.8. The molecule has 1 heterocycles. The van der Waals surface area contributed by atoms with Crippen molar-refractivity contribution in [1.82, 2.24) is 9.80 Å². The molecule has 50 heavy (non-hydrogen) atoms. The lowest BCUT2D eigenvalue weighted by atomic mass is 9.96. The van der Waals surface area contributed by atoms with Gasteiger partial charge in [-0.25, -0.2) is 0 Å². The molecule has 1 fully saturated rings. The van der Waals surface area contributed by atoms with Crippen LogP contribution in [0, 0.1) is 0 Å². The first kappa shape index (κ1) is 37.4. The lowest BCUT2D eigenvalue weighted by Crippen LogP contribution is -2.51. The Labute approximate surface area is 294 Å². The lowest BCUT2D eigenvalue weighted by molar-refractivity contribution is -0.128. The van der Waals surface area contributed by atoms with Crippen LogP contribution in [0.5, 0.6) is 11.5 Å². The second kappa shape index (κ2) is 16.8. The van der Waals surface area contributed by atoms with Gasteiger partial charge in [0.25, 0.3) is 11.8 Å². The summed E-state index contributed by atoms with van der Waals surface area (Å²) in [5.41, 5.74) is 2.65. The largest absolute Gasteiger partial charge is 0.507 e. The molecule has 3 aromatic carbocycles. The van der Waals surface area contributed by atoms with Crippen LogP contribution in [0.4, 0.5) is 11.4 Å². The van der Waals surface area contributed by atoms with Crippen molar-refractivity contribution in [3.05, 3.63) is 106 Å². The fraction of sp³-hybridized carbons (Fsp3) is 0.350. The highest BCUT2D eigenvalue weighted by molar-refractivity contribution is 6.17. The second-order valence-electron chi connectivity index (χ2n) is 12.1. The molecule has 10 nitrogen and oxygen atoms in total. The molecule has 1 saturated heterocycles. The Balaban J connectivity index is 1.50. The Morgan fingerprint density at radius 3 is 1.64 bits per heavy atom. The summed E-state index contributed by atoms with van der Waals surface area (Å²) >= 11 is 0. The van der Waals surface area contributed by atoms with Gasteiger partial charge in [-0.3, -0.25) is 19.2 Å². The number of phenols is 2. The first-order valence-corrected chi connectivity index (χ1v) is 17.3. The number of Topliss-reactive ketones (excluding diaryl/α,β-unsaturated/α-hetero) is 1. The van der Waals surface area contributed by atoms with E-state index >= 15 is 0 Å². The fourth-order valence-corrected chi connectivity index (χ4v) is 6.31. The summed E-state index contributed by atoms with van der Waals surface area (Å²) in [5.74, 6) is -1.90. The zero-order valence-electron chi connectivity index (χ0n) is 29.9. The number of carbonyl (C=O) groups is 4. The van der Waals surface area contributed by atoms with Gasteiger partial charge < -0.3 is 29.8 Å². The minimum absolute atomic E-state index is 0.109. The molecule has 0 spiro atoms. The SMILES string of the molecule is CC=CC(C(=O)N1CCN(C(=O)c2ccccc2C(=O)c2ccc(N(CC)CC)cc2O)CC1)=C(C)C(=O)c1ccc(N(CC)CC)cc1O. The summed E-state index contributed by atoms with van der Waals surface area (Å²) < 4.78 is 0. The number of anilines is 2. The first-order valence-electron chi connectivity index (χ1n) is 17.3. The summed E-state index contributed by atoms with van der Waals surface area (Å²) in [7, 11) is 0. The Bertz CT molecular complexity index is 1800. The van der Waals surface area contributed by atoms with Gasteiger partial charge in [0.05, 0.1) is 16.7 Å². The summed E-state index contributed by atoms with van der Waals surface area (Å²) in [5, 5.41) is 21.5. The van der Waals surface area contributed by atoms with Gasteiger partial charge >= 0.3 is 0 Å². The van der Waals surface area contributed by atoms with Crippen LogP contribution < -0.4 is 9.80 Å². The minimum Gasteiger partial charge on any atom is -0.507 e. The summed E-state index contributed by atoms with van der Waals surface area (Å²) in [4.78, 5) is 62.0. The van der Waals surface area contributed by atoms with Crippen LogP contribution in [0.25, 0.3) is 0 Å². The van der Waals surface area contributed by atoms with Gasteiger partial charge in [-0.1, -0.05) is 30.4 Å². The number of hydrogen-bond donors (Lipinski definition) is 2. The molecule has 0 bridgehead atoms. The van der Waals surface area contributed by atoms with Crippen molar-refractivity contribution in [1.29, 1.82) is 0 Å². The van der Waals surface area contributed by atoms with E-state index in [1.807, 2.05) is 27.7 Å². The third kappa shape index (κ3) is 7.91. The average Bonchev–Trinajstić information content (AvgIpc) is 3.13. The smallest absolute Gasteiger partial charge is 0.254 e. The number of aromatic hydroxyl groups is 2. The summed E-state index contributed by atoms with van der Waals surface area (Å²) in [6, 6.07) is 16.4. The van der Waals surface area contributed by atoms with Crippen LogP contribution >= 0.6 is 0 Å². The normalized spacial score (nSPS) is 13.6. The third-order valence-electron chi connectivity index (χ3n) is 9.27. The number of amides is 2. The van der Waals surface area contributed by atoms with Crippen molar-refractivity contribution in [3.8, 4) is 11.5 Å². The predicted octanol–water partition coefficient (Wildman–Crippen LogP) is 6.08. The van der Waals surface area contributed by atoms with Crippen molar-refractivity contribution >= 4 is 34.8 Å². The molecular formula is C40H48N4O6. The zero-order chi connectivity index (χ0) is 36.5. The number of benzene rings is 3. The Kier molecular flexibility index (Phi) is 12.6. The van der Waals surface area contributed by atoms with Crippen LogP contribution in [-0.4, -0.2) is 95.8 Å². The number of phenolic OH excluding ortho intramolecular Hbond substituents is 2. The van der Waals surface area contributed by atoms with Gasteiger partial charge in [-0.05, 0) is 71.9 Å².